The van der Waals surface area contributed by atoms with Crippen molar-refractivity contribution in [2.45, 2.75) is 18.9 Å². The largest absolute Gasteiger partial charge is 0.371 e. The summed E-state index contributed by atoms with van der Waals surface area (Å²) >= 11 is 3.36. The number of nitrogens with zero attached hydrogens (tertiary/aromatic N) is 5. The van der Waals surface area contributed by atoms with Crippen LogP contribution in [0.25, 0.3) is 0 Å². The number of halogens is 1. The minimum atomic E-state index is 0.450. The van der Waals surface area contributed by atoms with Crippen molar-refractivity contribution >= 4 is 27.6 Å². The summed E-state index contributed by atoms with van der Waals surface area (Å²) in [5.74, 6) is 0.769. The highest BCUT2D eigenvalue weighted by molar-refractivity contribution is 9.10. The van der Waals surface area contributed by atoms with Crippen LogP contribution < -0.4 is 9.80 Å². The number of benzene rings is 1. The molecule has 0 amide bonds. The van der Waals surface area contributed by atoms with Gasteiger partial charge in [-0.3, -0.25) is 0 Å². The maximum atomic E-state index is 8.88. The van der Waals surface area contributed by atoms with Gasteiger partial charge in [0.05, 0.1) is 16.1 Å². The fourth-order valence-electron chi connectivity index (χ4n) is 2.91. The molecule has 0 spiro atoms. The Hall–Kier alpha value is -2.13. The molecule has 0 radical (unpaired) electrons. The smallest absolute Gasteiger partial charge is 0.225 e. The predicted octanol–water partition coefficient (Wildman–Crippen LogP) is 3.22. The van der Waals surface area contributed by atoms with Gasteiger partial charge in [0.1, 0.15) is 0 Å². The second-order valence-corrected chi connectivity index (χ2v) is 6.60. The van der Waals surface area contributed by atoms with E-state index in [9.17, 15) is 0 Å². The van der Waals surface area contributed by atoms with E-state index in [0.29, 0.717) is 11.6 Å². The number of piperidine rings is 1. The Kier molecular flexibility index (Phi) is 4.77. The first kappa shape index (κ1) is 15.8. The summed E-state index contributed by atoms with van der Waals surface area (Å²) in [7, 11) is 2.06. The monoisotopic (exact) mass is 371 g/mol. The Bertz CT molecular complexity index is 684. The van der Waals surface area contributed by atoms with Gasteiger partial charge in [-0.2, -0.15) is 5.26 Å². The third kappa shape index (κ3) is 3.62. The average Bonchev–Trinajstić information content (AvgIpc) is 2.62. The van der Waals surface area contributed by atoms with E-state index >= 15 is 0 Å². The van der Waals surface area contributed by atoms with E-state index in [4.69, 9.17) is 5.26 Å². The van der Waals surface area contributed by atoms with Crippen molar-refractivity contribution in [3.8, 4) is 6.07 Å². The first-order chi connectivity index (χ1) is 11.2. The quantitative estimate of drug-likeness (QED) is 0.828. The van der Waals surface area contributed by atoms with Gasteiger partial charge in [-0.25, -0.2) is 9.97 Å². The Balaban J connectivity index is 1.61. The van der Waals surface area contributed by atoms with E-state index < -0.39 is 0 Å². The van der Waals surface area contributed by atoms with Crippen LogP contribution in [0.4, 0.5) is 11.6 Å². The molecule has 2 aromatic rings. The molecule has 6 heteroatoms. The van der Waals surface area contributed by atoms with Crippen LogP contribution in [0, 0.1) is 11.3 Å². The summed E-state index contributed by atoms with van der Waals surface area (Å²) in [4.78, 5) is 13.3. The van der Waals surface area contributed by atoms with Crippen molar-refractivity contribution in [1.82, 2.24) is 9.97 Å². The molecule has 1 saturated heterocycles. The van der Waals surface area contributed by atoms with Gasteiger partial charge in [-0.15, -0.1) is 0 Å². The minimum Gasteiger partial charge on any atom is -0.371 e. The zero-order valence-electron chi connectivity index (χ0n) is 13.0. The first-order valence-corrected chi connectivity index (χ1v) is 8.42. The Morgan fingerprint density at radius 1 is 1.17 bits per heavy atom. The lowest BCUT2D eigenvalue weighted by atomic mass is 10.0. The lowest BCUT2D eigenvalue weighted by molar-refractivity contribution is 0.477. The van der Waals surface area contributed by atoms with Crippen LogP contribution in [-0.4, -0.2) is 36.1 Å². The molecule has 1 aliphatic rings. The summed E-state index contributed by atoms with van der Waals surface area (Å²) in [6.45, 7) is 1.99. The second-order valence-electron chi connectivity index (χ2n) is 5.69. The van der Waals surface area contributed by atoms with E-state index in [-0.39, 0.29) is 0 Å². The maximum absolute atomic E-state index is 8.88. The van der Waals surface area contributed by atoms with E-state index in [1.165, 1.54) is 5.69 Å². The Morgan fingerprint density at radius 2 is 1.78 bits per heavy atom. The number of hydrogen-bond acceptors (Lipinski definition) is 5. The van der Waals surface area contributed by atoms with Crippen LogP contribution >= 0.6 is 15.9 Å². The van der Waals surface area contributed by atoms with E-state index in [0.717, 1.165) is 36.4 Å². The number of anilines is 2. The summed E-state index contributed by atoms with van der Waals surface area (Å²) < 4.78 is 0.894. The van der Waals surface area contributed by atoms with Crippen LogP contribution in [-0.2, 0) is 0 Å². The Morgan fingerprint density at radius 3 is 2.35 bits per heavy atom. The maximum Gasteiger partial charge on any atom is 0.225 e. The van der Waals surface area contributed by atoms with Crippen LogP contribution in [0.2, 0.25) is 0 Å². The zero-order valence-corrected chi connectivity index (χ0v) is 14.6. The molecule has 0 bridgehead atoms. The fraction of sp³-hybridized carbons (Fsp3) is 0.353. The van der Waals surface area contributed by atoms with Crippen molar-refractivity contribution in [3.05, 3.63) is 46.7 Å². The highest BCUT2D eigenvalue weighted by atomic mass is 79.9. The highest BCUT2D eigenvalue weighted by Gasteiger charge is 2.24. The molecule has 2 heterocycles. The third-order valence-corrected chi connectivity index (χ3v) is 4.71. The lowest BCUT2D eigenvalue weighted by Crippen LogP contribution is -2.44. The molecule has 0 saturated carbocycles. The normalized spacial score (nSPS) is 15.3. The van der Waals surface area contributed by atoms with E-state index in [1.807, 2.05) is 24.3 Å². The fourth-order valence-corrected chi connectivity index (χ4v) is 3.11. The first-order valence-electron chi connectivity index (χ1n) is 7.63. The SMILES string of the molecule is CN(c1ncc(Br)cn1)C1CCN(c2ccc(C#N)cc2)CC1. The topological polar surface area (TPSA) is 56.1 Å². The van der Waals surface area contributed by atoms with E-state index in [1.54, 1.807) is 12.4 Å². The molecule has 1 fully saturated rings. The van der Waals surface area contributed by atoms with Gasteiger partial charge < -0.3 is 9.80 Å². The van der Waals surface area contributed by atoms with Gasteiger partial charge in [0.25, 0.3) is 0 Å². The molecule has 1 aliphatic heterocycles. The van der Waals surface area contributed by atoms with Crippen LogP contribution in [0.5, 0.6) is 0 Å². The van der Waals surface area contributed by atoms with Crippen molar-refractivity contribution in [3.63, 3.8) is 0 Å². The molecule has 1 aromatic carbocycles. The highest BCUT2D eigenvalue weighted by Crippen LogP contribution is 2.24. The molecule has 0 unspecified atom stereocenters. The molecule has 0 atom stereocenters. The summed E-state index contributed by atoms with van der Waals surface area (Å²) in [5.41, 5.74) is 1.89. The lowest BCUT2D eigenvalue weighted by Gasteiger charge is -2.37. The summed E-state index contributed by atoms with van der Waals surface area (Å²) in [5, 5.41) is 8.88. The summed E-state index contributed by atoms with van der Waals surface area (Å²) in [6, 6.07) is 10.4. The zero-order chi connectivity index (χ0) is 16.2. The van der Waals surface area contributed by atoms with Gasteiger partial charge in [0, 0.05) is 44.3 Å². The van der Waals surface area contributed by atoms with Gasteiger partial charge >= 0.3 is 0 Å². The summed E-state index contributed by atoms with van der Waals surface area (Å²) in [6.07, 6.45) is 5.70. The number of aromatic nitrogens is 2. The molecule has 1 aromatic heterocycles. The average molecular weight is 372 g/mol. The number of nitriles is 1. The van der Waals surface area contributed by atoms with E-state index in [2.05, 4.69) is 48.8 Å². The molecule has 0 N–H and O–H groups in total. The van der Waals surface area contributed by atoms with Gasteiger partial charge in [-0.05, 0) is 53.0 Å². The van der Waals surface area contributed by atoms with Crippen molar-refractivity contribution in [2.75, 3.05) is 29.9 Å². The molecule has 3 rings (SSSR count). The van der Waals surface area contributed by atoms with Crippen molar-refractivity contribution < 1.29 is 0 Å². The molecular weight excluding hydrogens is 354 g/mol. The van der Waals surface area contributed by atoms with Crippen LogP contribution in [0.15, 0.2) is 41.1 Å². The van der Waals surface area contributed by atoms with Crippen molar-refractivity contribution in [2.24, 2.45) is 0 Å². The van der Waals surface area contributed by atoms with Gasteiger partial charge in [-0.1, -0.05) is 0 Å². The molecule has 5 nitrogen and oxygen atoms in total. The molecule has 0 aliphatic carbocycles. The van der Waals surface area contributed by atoms with Gasteiger partial charge in [0.2, 0.25) is 5.95 Å². The third-order valence-electron chi connectivity index (χ3n) is 4.30. The Labute approximate surface area is 144 Å². The van der Waals surface area contributed by atoms with Crippen LogP contribution in [0.1, 0.15) is 18.4 Å². The number of rotatable bonds is 3. The molecular formula is C17H18BrN5. The molecule has 118 valence electrons. The minimum absolute atomic E-state index is 0.450. The van der Waals surface area contributed by atoms with Gasteiger partial charge in [0.15, 0.2) is 0 Å². The predicted molar refractivity (Wildman–Crippen MR) is 94.5 cm³/mol. The van der Waals surface area contributed by atoms with Crippen molar-refractivity contribution in [1.29, 1.82) is 5.26 Å². The standard InChI is InChI=1S/C17H18BrN5/c1-22(17-20-11-14(18)12-21-17)15-6-8-23(9-7-15)16-4-2-13(10-19)3-5-16/h2-5,11-12,15H,6-9H2,1H3. The molecule has 23 heavy (non-hydrogen) atoms. The number of hydrogen-bond donors (Lipinski definition) is 0. The second kappa shape index (κ2) is 6.97. The van der Waals surface area contributed by atoms with Crippen LogP contribution in [0.3, 0.4) is 0 Å².